The van der Waals surface area contributed by atoms with Crippen molar-refractivity contribution < 1.29 is 28.6 Å². The summed E-state index contributed by atoms with van der Waals surface area (Å²) in [5.74, 6) is -0.929. The first kappa shape index (κ1) is 65.6. The smallest absolute Gasteiger partial charge is 0.306 e. The van der Waals surface area contributed by atoms with E-state index in [9.17, 15) is 14.4 Å². The molecular formula is C63H108O6. The number of rotatable bonds is 52. The maximum absolute atomic E-state index is 12.9. The molecule has 0 spiro atoms. The van der Waals surface area contributed by atoms with Crippen LogP contribution in [0.25, 0.3) is 0 Å². The van der Waals surface area contributed by atoms with E-state index in [1.165, 1.54) is 135 Å². The van der Waals surface area contributed by atoms with Gasteiger partial charge in [-0.2, -0.15) is 0 Å². The Labute approximate surface area is 426 Å². The molecule has 0 N–H and O–H groups in total. The summed E-state index contributed by atoms with van der Waals surface area (Å²) in [6.45, 7) is 6.48. The summed E-state index contributed by atoms with van der Waals surface area (Å²) in [7, 11) is 0. The van der Waals surface area contributed by atoms with Crippen molar-refractivity contribution in [3.05, 3.63) is 85.1 Å². The van der Waals surface area contributed by atoms with Crippen molar-refractivity contribution in [2.45, 2.75) is 284 Å². The van der Waals surface area contributed by atoms with E-state index >= 15 is 0 Å². The van der Waals surface area contributed by atoms with Gasteiger partial charge in [0.2, 0.25) is 0 Å². The van der Waals surface area contributed by atoms with Gasteiger partial charge in [-0.3, -0.25) is 14.4 Å². The number of esters is 3. The van der Waals surface area contributed by atoms with Crippen molar-refractivity contribution >= 4 is 17.9 Å². The quantitative estimate of drug-likeness (QED) is 0.0262. The maximum Gasteiger partial charge on any atom is 0.306 e. The first-order valence-electron chi connectivity index (χ1n) is 29.1. The van der Waals surface area contributed by atoms with Crippen molar-refractivity contribution in [3.8, 4) is 0 Å². The Bertz CT molecular complexity index is 1330. The van der Waals surface area contributed by atoms with E-state index in [-0.39, 0.29) is 31.1 Å². The molecule has 0 saturated carbocycles. The lowest BCUT2D eigenvalue weighted by molar-refractivity contribution is -0.167. The lowest BCUT2D eigenvalue weighted by Crippen LogP contribution is -2.30. The minimum atomic E-state index is -0.795. The van der Waals surface area contributed by atoms with Crippen LogP contribution in [0.1, 0.15) is 278 Å². The molecule has 0 aromatic rings. The number of hydrogen-bond acceptors (Lipinski definition) is 6. The Kier molecular flexibility index (Phi) is 54.3. The first-order chi connectivity index (χ1) is 34.0. The molecule has 0 fully saturated rings. The van der Waals surface area contributed by atoms with Gasteiger partial charge in [0.05, 0.1) is 0 Å². The second kappa shape index (κ2) is 57.2. The van der Waals surface area contributed by atoms with Gasteiger partial charge in [0, 0.05) is 19.3 Å². The van der Waals surface area contributed by atoms with Crippen molar-refractivity contribution in [3.63, 3.8) is 0 Å². The Hall–Kier alpha value is -3.41. The number of carbonyl (C=O) groups excluding carboxylic acids is 3. The molecule has 396 valence electrons. The fraction of sp³-hybridized carbons (Fsp3) is 0.730. The van der Waals surface area contributed by atoms with Crippen LogP contribution in [0.4, 0.5) is 0 Å². The minimum Gasteiger partial charge on any atom is -0.462 e. The third-order valence-electron chi connectivity index (χ3n) is 12.4. The van der Waals surface area contributed by atoms with Crippen LogP contribution in [0, 0.1) is 0 Å². The van der Waals surface area contributed by atoms with Crippen LogP contribution in [0.5, 0.6) is 0 Å². The molecule has 1 atom stereocenters. The number of ether oxygens (including phenoxy) is 3. The van der Waals surface area contributed by atoms with E-state index in [0.717, 1.165) is 103 Å². The molecule has 0 amide bonds. The molecule has 0 saturated heterocycles. The van der Waals surface area contributed by atoms with Crippen LogP contribution in [0.15, 0.2) is 85.1 Å². The highest BCUT2D eigenvalue weighted by Gasteiger charge is 2.19. The molecule has 0 unspecified atom stereocenters. The summed E-state index contributed by atoms with van der Waals surface area (Å²) in [6.07, 6.45) is 74.3. The molecular weight excluding hydrogens is 853 g/mol. The Morgan fingerprint density at radius 3 is 0.928 bits per heavy atom. The molecule has 0 heterocycles. The number of hydrogen-bond donors (Lipinski definition) is 0. The van der Waals surface area contributed by atoms with Crippen LogP contribution >= 0.6 is 0 Å². The monoisotopic (exact) mass is 961 g/mol. The highest BCUT2D eigenvalue weighted by atomic mass is 16.6. The summed E-state index contributed by atoms with van der Waals surface area (Å²) >= 11 is 0. The second-order valence-corrected chi connectivity index (χ2v) is 19.2. The third kappa shape index (κ3) is 55.4. The van der Waals surface area contributed by atoms with E-state index < -0.39 is 6.10 Å². The highest BCUT2D eigenvalue weighted by molar-refractivity contribution is 5.71. The fourth-order valence-electron chi connectivity index (χ4n) is 7.99. The summed E-state index contributed by atoms with van der Waals surface area (Å²) in [5, 5.41) is 0. The minimum absolute atomic E-state index is 0.0919. The van der Waals surface area contributed by atoms with Gasteiger partial charge in [-0.05, 0) is 116 Å². The van der Waals surface area contributed by atoms with Crippen LogP contribution in [-0.2, 0) is 28.6 Å². The second-order valence-electron chi connectivity index (χ2n) is 19.2. The lowest BCUT2D eigenvalue weighted by atomic mass is 10.1. The largest absolute Gasteiger partial charge is 0.462 e. The van der Waals surface area contributed by atoms with Gasteiger partial charge >= 0.3 is 17.9 Å². The van der Waals surface area contributed by atoms with Crippen molar-refractivity contribution in [1.82, 2.24) is 0 Å². The molecule has 0 aliphatic heterocycles. The molecule has 0 aliphatic carbocycles. The number of unbranched alkanes of at least 4 members (excludes halogenated alkanes) is 27. The topological polar surface area (TPSA) is 78.9 Å². The van der Waals surface area contributed by atoms with Crippen molar-refractivity contribution in [2.75, 3.05) is 13.2 Å². The Balaban J connectivity index is 4.43. The highest BCUT2D eigenvalue weighted by Crippen LogP contribution is 2.15. The lowest BCUT2D eigenvalue weighted by Gasteiger charge is -2.18. The molecule has 0 aromatic carbocycles. The first-order valence-corrected chi connectivity index (χ1v) is 29.1. The molecule has 69 heavy (non-hydrogen) atoms. The standard InChI is InChI=1S/C63H108O6/c1-4-7-10-13-16-19-22-25-27-29-31-33-35-38-41-44-47-50-53-56-62(65)68-59-60(58-67-61(64)55-52-49-46-43-40-37-24-21-18-15-12-9-6-3)69-63(66)57-54-51-48-45-42-39-36-34-32-30-28-26-23-20-17-14-11-8-5-2/h7,10,16,19,21,24-28,31,33,38,41,60H,4-6,8-9,11-15,17-18,20,22-23,29-30,32,34-37,39-40,42-59H2,1-3H3/b10-7-,19-16-,24-21-,27-25-,28-26-,33-31-,41-38-/t60-/m1/s1. The number of allylic oxidation sites excluding steroid dienone is 14. The summed E-state index contributed by atoms with van der Waals surface area (Å²) in [4.78, 5) is 38.2. The van der Waals surface area contributed by atoms with Crippen LogP contribution in [-0.4, -0.2) is 37.2 Å². The normalized spacial score (nSPS) is 12.7. The molecule has 0 bridgehead atoms. The summed E-state index contributed by atoms with van der Waals surface area (Å²) < 4.78 is 16.8. The predicted octanol–water partition coefficient (Wildman–Crippen LogP) is 19.5. The van der Waals surface area contributed by atoms with Crippen molar-refractivity contribution in [2.24, 2.45) is 0 Å². The summed E-state index contributed by atoms with van der Waals surface area (Å²) in [6, 6.07) is 0. The zero-order valence-corrected chi connectivity index (χ0v) is 45.3. The van der Waals surface area contributed by atoms with Crippen LogP contribution in [0.3, 0.4) is 0 Å². The van der Waals surface area contributed by atoms with Gasteiger partial charge in [0.25, 0.3) is 0 Å². The zero-order valence-electron chi connectivity index (χ0n) is 45.3. The van der Waals surface area contributed by atoms with Gasteiger partial charge in [-0.1, -0.05) is 228 Å². The Morgan fingerprint density at radius 1 is 0.304 bits per heavy atom. The van der Waals surface area contributed by atoms with Gasteiger partial charge in [0.1, 0.15) is 13.2 Å². The van der Waals surface area contributed by atoms with Crippen molar-refractivity contribution in [1.29, 1.82) is 0 Å². The number of carbonyl (C=O) groups is 3. The van der Waals surface area contributed by atoms with Gasteiger partial charge in [-0.25, -0.2) is 0 Å². The van der Waals surface area contributed by atoms with E-state index in [1.807, 2.05) is 0 Å². The molecule has 0 radical (unpaired) electrons. The van der Waals surface area contributed by atoms with E-state index in [4.69, 9.17) is 14.2 Å². The molecule has 6 heteroatoms. The average Bonchev–Trinajstić information content (AvgIpc) is 3.35. The van der Waals surface area contributed by atoms with E-state index in [2.05, 4.69) is 106 Å². The predicted molar refractivity (Wildman–Crippen MR) is 297 cm³/mol. The molecule has 0 rings (SSSR count). The van der Waals surface area contributed by atoms with E-state index in [1.54, 1.807) is 0 Å². The molecule has 0 aromatic heterocycles. The third-order valence-corrected chi connectivity index (χ3v) is 12.4. The molecule has 0 aliphatic rings. The van der Waals surface area contributed by atoms with Gasteiger partial charge in [-0.15, -0.1) is 0 Å². The van der Waals surface area contributed by atoms with Crippen LogP contribution < -0.4 is 0 Å². The maximum atomic E-state index is 12.9. The van der Waals surface area contributed by atoms with Gasteiger partial charge in [0.15, 0.2) is 6.10 Å². The van der Waals surface area contributed by atoms with Gasteiger partial charge < -0.3 is 14.2 Å². The average molecular weight is 962 g/mol. The summed E-state index contributed by atoms with van der Waals surface area (Å²) in [5.41, 5.74) is 0. The molecule has 6 nitrogen and oxygen atoms in total. The Morgan fingerprint density at radius 2 is 0.565 bits per heavy atom. The van der Waals surface area contributed by atoms with E-state index in [0.29, 0.717) is 19.3 Å². The fourth-order valence-corrected chi connectivity index (χ4v) is 7.99. The SMILES string of the molecule is CC/C=C\C/C=C\C/C=C\C/C=C\C/C=C\CCCCCC(=O)OC[C@@H](COC(=O)CCCCCCC/C=C\CCCCCC)OC(=O)CCCCCCCCCCC/C=C\CCCCCCCC. The zero-order chi connectivity index (χ0) is 50.0. The van der Waals surface area contributed by atoms with Crippen LogP contribution in [0.2, 0.25) is 0 Å².